The van der Waals surface area contributed by atoms with Crippen molar-refractivity contribution >= 4 is 5.91 Å². The van der Waals surface area contributed by atoms with E-state index >= 15 is 0 Å². The average molecular weight is 275 g/mol. The number of rotatable bonds is 5. The van der Waals surface area contributed by atoms with Crippen molar-refractivity contribution in [1.29, 1.82) is 0 Å². The molecule has 2 rings (SSSR count). The molecule has 0 saturated heterocycles. The first-order valence-corrected chi connectivity index (χ1v) is 6.93. The van der Waals surface area contributed by atoms with Crippen LogP contribution in [0, 0.1) is 6.92 Å². The molecule has 2 aromatic rings. The van der Waals surface area contributed by atoms with Crippen LogP contribution in [0.5, 0.6) is 0 Å². The first-order valence-electron chi connectivity index (χ1n) is 6.93. The van der Waals surface area contributed by atoms with E-state index in [9.17, 15) is 4.79 Å². The molecule has 0 aromatic carbocycles. The number of carbonyl (C=O) groups is 1. The summed E-state index contributed by atoms with van der Waals surface area (Å²) in [5.74, 6) is -0.110. The summed E-state index contributed by atoms with van der Waals surface area (Å²) in [6.45, 7) is 9.45. The number of aromatic nitrogens is 4. The highest BCUT2D eigenvalue weighted by Crippen LogP contribution is 2.12. The second-order valence-electron chi connectivity index (χ2n) is 4.75. The Balaban J connectivity index is 2.08. The van der Waals surface area contributed by atoms with Gasteiger partial charge in [0, 0.05) is 25.0 Å². The molecule has 0 bridgehead atoms. The molecule has 1 atom stereocenters. The minimum atomic E-state index is -0.125. The van der Waals surface area contributed by atoms with Crippen molar-refractivity contribution in [2.24, 2.45) is 0 Å². The molecule has 0 radical (unpaired) electrons. The summed E-state index contributed by atoms with van der Waals surface area (Å²) in [6, 6.07) is 1.80. The number of nitrogens with one attached hydrogen (secondary N) is 1. The number of hydrogen-bond acceptors (Lipinski definition) is 3. The zero-order chi connectivity index (χ0) is 14.7. The Kier molecular flexibility index (Phi) is 4.22. The third-order valence-electron chi connectivity index (χ3n) is 3.42. The normalized spacial score (nSPS) is 12.4. The fourth-order valence-corrected chi connectivity index (χ4v) is 2.12. The van der Waals surface area contributed by atoms with E-state index in [-0.39, 0.29) is 11.9 Å². The lowest BCUT2D eigenvalue weighted by Gasteiger charge is -2.11. The molecular formula is C14H21N5O. The molecule has 6 nitrogen and oxygen atoms in total. The molecule has 20 heavy (non-hydrogen) atoms. The van der Waals surface area contributed by atoms with Crippen molar-refractivity contribution in [3.05, 3.63) is 35.4 Å². The first-order chi connectivity index (χ1) is 9.56. The molecule has 0 saturated carbocycles. The topological polar surface area (TPSA) is 64.7 Å². The van der Waals surface area contributed by atoms with Crippen LogP contribution in [0.3, 0.4) is 0 Å². The summed E-state index contributed by atoms with van der Waals surface area (Å²) in [7, 11) is 0. The van der Waals surface area contributed by atoms with Crippen molar-refractivity contribution in [2.75, 3.05) is 0 Å². The van der Waals surface area contributed by atoms with E-state index in [0.717, 1.165) is 24.5 Å². The van der Waals surface area contributed by atoms with Gasteiger partial charge in [0.15, 0.2) is 0 Å². The Bertz CT molecular complexity index is 598. The second-order valence-corrected chi connectivity index (χ2v) is 4.75. The second kappa shape index (κ2) is 5.90. The smallest absolute Gasteiger partial charge is 0.255 e. The number of carbonyl (C=O) groups excluding carboxylic acids is 1. The Labute approximate surface area is 118 Å². The van der Waals surface area contributed by atoms with Crippen LogP contribution in [0.1, 0.15) is 48.6 Å². The third kappa shape index (κ3) is 2.74. The van der Waals surface area contributed by atoms with Crippen LogP contribution in [-0.4, -0.2) is 25.5 Å². The van der Waals surface area contributed by atoms with E-state index in [1.54, 1.807) is 6.20 Å². The third-order valence-corrected chi connectivity index (χ3v) is 3.42. The van der Waals surface area contributed by atoms with Crippen molar-refractivity contribution in [1.82, 2.24) is 24.9 Å². The van der Waals surface area contributed by atoms with Crippen LogP contribution < -0.4 is 5.32 Å². The molecule has 2 aromatic heterocycles. The molecule has 0 aliphatic carbocycles. The van der Waals surface area contributed by atoms with Gasteiger partial charge in [-0.1, -0.05) is 0 Å². The maximum atomic E-state index is 12.3. The lowest BCUT2D eigenvalue weighted by molar-refractivity contribution is 0.0938. The predicted octanol–water partition coefficient (Wildman–Crippen LogP) is 1.92. The standard InChI is InChI=1S/C14H21N5O/c1-5-18-8-7-13(17-18)10(3)16-14(20)12-9-15-19(6-2)11(12)4/h7-10H,5-6H2,1-4H3,(H,16,20). The SMILES string of the molecule is CCn1ccc(C(C)NC(=O)c2cnn(CC)c2C)n1. The van der Waals surface area contributed by atoms with Crippen LogP contribution in [0.15, 0.2) is 18.5 Å². The van der Waals surface area contributed by atoms with Crippen LogP contribution in [-0.2, 0) is 13.1 Å². The van der Waals surface area contributed by atoms with Crippen LogP contribution >= 0.6 is 0 Å². The van der Waals surface area contributed by atoms with Gasteiger partial charge in [-0.25, -0.2) is 0 Å². The molecule has 0 aliphatic rings. The van der Waals surface area contributed by atoms with Crippen LogP contribution in [0.4, 0.5) is 0 Å². The van der Waals surface area contributed by atoms with Gasteiger partial charge in [0.25, 0.3) is 5.91 Å². The zero-order valence-corrected chi connectivity index (χ0v) is 12.4. The fraction of sp³-hybridized carbons (Fsp3) is 0.500. The highest BCUT2D eigenvalue weighted by molar-refractivity contribution is 5.95. The van der Waals surface area contributed by atoms with Gasteiger partial charge in [0.1, 0.15) is 0 Å². The first kappa shape index (κ1) is 14.3. The highest BCUT2D eigenvalue weighted by Gasteiger charge is 2.17. The summed E-state index contributed by atoms with van der Waals surface area (Å²) >= 11 is 0. The van der Waals surface area contributed by atoms with Gasteiger partial charge in [0.05, 0.1) is 23.5 Å². The van der Waals surface area contributed by atoms with Gasteiger partial charge < -0.3 is 5.32 Å². The molecule has 108 valence electrons. The lowest BCUT2D eigenvalue weighted by atomic mass is 10.2. The number of aryl methyl sites for hydroxylation is 2. The molecule has 2 heterocycles. The quantitative estimate of drug-likeness (QED) is 0.906. The lowest BCUT2D eigenvalue weighted by Crippen LogP contribution is -2.27. The molecule has 1 unspecified atom stereocenters. The highest BCUT2D eigenvalue weighted by atomic mass is 16.1. The van der Waals surface area contributed by atoms with Gasteiger partial charge in [-0.3, -0.25) is 14.2 Å². The maximum absolute atomic E-state index is 12.3. The van der Waals surface area contributed by atoms with Crippen LogP contribution in [0.2, 0.25) is 0 Å². The van der Waals surface area contributed by atoms with E-state index < -0.39 is 0 Å². The van der Waals surface area contributed by atoms with Crippen LogP contribution in [0.25, 0.3) is 0 Å². The Morgan fingerprint density at radius 2 is 2.15 bits per heavy atom. The van der Waals surface area contributed by atoms with Crippen molar-refractivity contribution in [3.63, 3.8) is 0 Å². The molecule has 0 fully saturated rings. The summed E-state index contributed by atoms with van der Waals surface area (Å²) in [4.78, 5) is 12.3. The Hall–Kier alpha value is -2.11. The summed E-state index contributed by atoms with van der Waals surface area (Å²) < 4.78 is 3.66. The van der Waals surface area contributed by atoms with Gasteiger partial charge in [-0.05, 0) is 33.8 Å². The minimum absolute atomic E-state index is 0.110. The largest absolute Gasteiger partial charge is 0.344 e. The molecule has 6 heteroatoms. The van der Waals surface area contributed by atoms with E-state index in [0.29, 0.717) is 5.56 Å². The average Bonchev–Trinajstić information content (AvgIpc) is 3.04. The van der Waals surface area contributed by atoms with Crippen molar-refractivity contribution in [2.45, 2.75) is 46.8 Å². The van der Waals surface area contributed by atoms with Gasteiger partial charge >= 0.3 is 0 Å². The molecule has 0 aliphatic heterocycles. The molecular weight excluding hydrogens is 254 g/mol. The molecule has 1 N–H and O–H groups in total. The zero-order valence-electron chi connectivity index (χ0n) is 12.4. The molecule has 1 amide bonds. The number of amides is 1. The Morgan fingerprint density at radius 3 is 2.70 bits per heavy atom. The predicted molar refractivity (Wildman–Crippen MR) is 76.4 cm³/mol. The summed E-state index contributed by atoms with van der Waals surface area (Å²) in [6.07, 6.45) is 3.53. The van der Waals surface area contributed by atoms with E-state index in [1.807, 2.05) is 49.3 Å². The van der Waals surface area contributed by atoms with Crippen molar-refractivity contribution in [3.8, 4) is 0 Å². The van der Waals surface area contributed by atoms with Gasteiger partial charge in [-0.15, -0.1) is 0 Å². The molecule has 0 spiro atoms. The van der Waals surface area contributed by atoms with E-state index in [2.05, 4.69) is 15.5 Å². The van der Waals surface area contributed by atoms with E-state index in [4.69, 9.17) is 0 Å². The Morgan fingerprint density at radius 1 is 1.40 bits per heavy atom. The fourth-order valence-electron chi connectivity index (χ4n) is 2.12. The summed E-state index contributed by atoms with van der Waals surface area (Å²) in [5.41, 5.74) is 2.37. The van der Waals surface area contributed by atoms with E-state index in [1.165, 1.54) is 0 Å². The monoisotopic (exact) mass is 275 g/mol. The maximum Gasteiger partial charge on any atom is 0.255 e. The van der Waals surface area contributed by atoms with Crippen molar-refractivity contribution < 1.29 is 4.79 Å². The number of nitrogens with zero attached hydrogens (tertiary/aromatic N) is 4. The minimum Gasteiger partial charge on any atom is -0.344 e. The van der Waals surface area contributed by atoms with Gasteiger partial charge in [-0.2, -0.15) is 10.2 Å². The van der Waals surface area contributed by atoms with Gasteiger partial charge in [0.2, 0.25) is 0 Å². The summed E-state index contributed by atoms with van der Waals surface area (Å²) in [5, 5.41) is 11.5. The number of hydrogen-bond donors (Lipinski definition) is 1.